The van der Waals surface area contributed by atoms with Crippen LogP contribution in [0.1, 0.15) is 28.4 Å². The third-order valence-corrected chi connectivity index (χ3v) is 6.02. The molecule has 2 heterocycles. The van der Waals surface area contributed by atoms with Crippen molar-refractivity contribution in [3.63, 3.8) is 0 Å². The maximum atomic E-state index is 12.5. The second-order valence-corrected chi connectivity index (χ2v) is 9.05. The number of benzene rings is 3. The van der Waals surface area contributed by atoms with Crippen molar-refractivity contribution in [1.29, 1.82) is 0 Å². The van der Waals surface area contributed by atoms with Gasteiger partial charge in [-0.2, -0.15) is 0 Å². The second-order valence-electron chi connectivity index (χ2n) is 9.05. The Labute approximate surface area is 210 Å². The Morgan fingerprint density at radius 1 is 1.00 bits per heavy atom. The van der Waals surface area contributed by atoms with Gasteiger partial charge in [0, 0.05) is 30.2 Å². The van der Waals surface area contributed by atoms with Crippen LogP contribution in [-0.4, -0.2) is 42.3 Å². The summed E-state index contributed by atoms with van der Waals surface area (Å²) < 4.78 is 16.6. The maximum Gasteiger partial charge on any atom is 0.251 e. The van der Waals surface area contributed by atoms with Crippen LogP contribution in [0.2, 0.25) is 0 Å². The summed E-state index contributed by atoms with van der Waals surface area (Å²) in [7, 11) is 2.11. The first-order valence-electron chi connectivity index (χ1n) is 12.0. The minimum absolute atomic E-state index is 0.176. The Morgan fingerprint density at radius 2 is 1.78 bits per heavy atom. The number of amides is 1. The molecule has 0 aliphatic carbocycles. The minimum atomic E-state index is -0.182. The van der Waals surface area contributed by atoms with Gasteiger partial charge in [-0.1, -0.05) is 24.3 Å². The fourth-order valence-electron chi connectivity index (χ4n) is 4.23. The van der Waals surface area contributed by atoms with Gasteiger partial charge in [0.15, 0.2) is 11.5 Å². The summed E-state index contributed by atoms with van der Waals surface area (Å²) in [6.07, 6.45) is 1.64. The van der Waals surface area contributed by atoms with Gasteiger partial charge >= 0.3 is 0 Å². The van der Waals surface area contributed by atoms with E-state index >= 15 is 0 Å². The summed E-state index contributed by atoms with van der Waals surface area (Å²) in [4.78, 5) is 19.1. The molecule has 4 aromatic rings. The van der Waals surface area contributed by atoms with Gasteiger partial charge in [0.05, 0.1) is 12.1 Å². The van der Waals surface area contributed by atoms with Crippen molar-refractivity contribution < 1.29 is 19.0 Å². The molecule has 5 rings (SSSR count). The van der Waals surface area contributed by atoms with E-state index < -0.39 is 0 Å². The number of fused-ring (bicyclic) bond motifs is 2. The lowest BCUT2D eigenvalue weighted by Gasteiger charge is -2.18. The van der Waals surface area contributed by atoms with Crippen LogP contribution < -0.4 is 19.5 Å². The van der Waals surface area contributed by atoms with E-state index in [1.807, 2.05) is 31.3 Å². The van der Waals surface area contributed by atoms with Gasteiger partial charge in [-0.3, -0.25) is 14.7 Å². The summed E-state index contributed by atoms with van der Waals surface area (Å²) in [5.74, 6) is 1.84. The first-order chi connectivity index (χ1) is 17.5. The van der Waals surface area contributed by atoms with Crippen molar-refractivity contribution >= 4 is 16.8 Å². The number of nitrogens with one attached hydrogen (secondary N) is 1. The highest BCUT2D eigenvalue weighted by Crippen LogP contribution is 2.32. The Morgan fingerprint density at radius 3 is 2.64 bits per heavy atom. The topological polar surface area (TPSA) is 72.9 Å². The molecule has 1 aliphatic heterocycles. The molecule has 36 heavy (non-hydrogen) atoms. The minimum Gasteiger partial charge on any atom is -0.489 e. The summed E-state index contributed by atoms with van der Waals surface area (Å²) in [6.45, 7) is 4.18. The van der Waals surface area contributed by atoms with Gasteiger partial charge in [0.2, 0.25) is 6.79 Å². The molecule has 1 atom stereocenters. The average Bonchev–Trinajstić information content (AvgIpc) is 3.36. The number of carbonyl (C=O) groups excluding carboxylic acids is 1. The van der Waals surface area contributed by atoms with E-state index in [1.165, 1.54) is 11.1 Å². The molecule has 0 saturated carbocycles. The second kappa shape index (κ2) is 10.7. The van der Waals surface area contributed by atoms with E-state index in [2.05, 4.69) is 58.6 Å². The molecule has 7 heteroatoms. The SMILES string of the molecule is CC(CNC(=O)c1ccc2c(c1)OCO2)Oc1ccc(CN(C)Cc2ccc3ncccc3c2)cc1. The number of hydrogen-bond donors (Lipinski definition) is 1. The zero-order valence-electron chi connectivity index (χ0n) is 20.4. The summed E-state index contributed by atoms with van der Waals surface area (Å²) in [6, 6.07) is 23.7. The van der Waals surface area contributed by atoms with E-state index in [9.17, 15) is 4.79 Å². The Bertz CT molecular complexity index is 1360. The van der Waals surface area contributed by atoms with Gasteiger partial charge in [-0.15, -0.1) is 0 Å². The maximum absolute atomic E-state index is 12.5. The molecule has 1 N–H and O–H groups in total. The molecule has 0 fully saturated rings. The van der Waals surface area contributed by atoms with Crippen molar-refractivity contribution in [3.8, 4) is 17.2 Å². The van der Waals surface area contributed by atoms with Crippen molar-refractivity contribution in [1.82, 2.24) is 15.2 Å². The highest BCUT2D eigenvalue weighted by atomic mass is 16.7. The molecule has 184 valence electrons. The Hall–Kier alpha value is -4.10. The van der Waals surface area contributed by atoms with Gasteiger partial charge < -0.3 is 19.5 Å². The normalized spacial score (nSPS) is 13.1. The van der Waals surface area contributed by atoms with Gasteiger partial charge in [0.1, 0.15) is 11.9 Å². The molecular formula is C29H29N3O4. The largest absolute Gasteiger partial charge is 0.489 e. The number of hydrogen-bond acceptors (Lipinski definition) is 6. The number of ether oxygens (including phenoxy) is 3. The zero-order chi connectivity index (χ0) is 24.9. The van der Waals surface area contributed by atoms with Crippen molar-refractivity contribution in [3.05, 3.63) is 95.7 Å². The number of pyridine rings is 1. The molecule has 0 radical (unpaired) electrons. The number of nitrogens with zero attached hydrogens (tertiary/aromatic N) is 2. The lowest BCUT2D eigenvalue weighted by Crippen LogP contribution is -2.33. The van der Waals surface area contributed by atoms with Crippen LogP contribution in [-0.2, 0) is 13.1 Å². The third kappa shape index (κ3) is 5.75. The van der Waals surface area contributed by atoms with E-state index in [0.717, 1.165) is 29.7 Å². The Balaban J connectivity index is 1.09. The number of rotatable bonds is 9. The lowest BCUT2D eigenvalue weighted by atomic mass is 10.1. The fraction of sp³-hybridized carbons (Fsp3) is 0.241. The fourth-order valence-corrected chi connectivity index (χ4v) is 4.23. The summed E-state index contributed by atoms with van der Waals surface area (Å²) in [5.41, 5.74) is 4.01. The van der Waals surface area contributed by atoms with Crippen LogP contribution >= 0.6 is 0 Å². The highest BCUT2D eigenvalue weighted by Gasteiger charge is 2.16. The third-order valence-electron chi connectivity index (χ3n) is 6.02. The van der Waals surface area contributed by atoms with Crippen LogP contribution in [0.4, 0.5) is 0 Å². The quantitative estimate of drug-likeness (QED) is 0.369. The van der Waals surface area contributed by atoms with Crippen molar-refractivity contribution in [2.24, 2.45) is 0 Å². The predicted octanol–water partition coefficient (Wildman–Crippen LogP) is 4.79. The van der Waals surface area contributed by atoms with E-state index in [-0.39, 0.29) is 18.8 Å². The summed E-state index contributed by atoms with van der Waals surface area (Å²) in [5, 5.41) is 4.07. The molecule has 1 aromatic heterocycles. The smallest absolute Gasteiger partial charge is 0.251 e. The standard InChI is InChI=1S/C29H29N3O4/c1-20(16-31-29(33)24-8-12-27-28(15-24)35-19-34-27)36-25-9-5-21(6-10-25)17-32(2)18-22-7-11-26-23(14-22)4-3-13-30-26/h3-15,20H,16-19H2,1-2H3,(H,31,33). The van der Waals surface area contributed by atoms with Crippen molar-refractivity contribution in [2.75, 3.05) is 20.4 Å². The molecule has 0 bridgehead atoms. The van der Waals surface area contributed by atoms with Gasteiger partial charge in [0.25, 0.3) is 5.91 Å². The van der Waals surface area contributed by atoms with Gasteiger partial charge in [-0.25, -0.2) is 0 Å². The van der Waals surface area contributed by atoms with E-state index in [4.69, 9.17) is 14.2 Å². The molecular weight excluding hydrogens is 454 g/mol. The average molecular weight is 484 g/mol. The van der Waals surface area contributed by atoms with E-state index in [0.29, 0.717) is 23.6 Å². The van der Waals surface area contributed by atoms with Gasteiger partial charge in [-0.05, 0) is 73.6 Å². The molecule has 3 aromatic carbocycles. The first-order valence-corrected chi connectivity index (χ1v) is 12.0. The number of aromatic nitrogens is 1. The van der Waals surface area contributed by atoms with Crippen LogP contribution in [0, 0.1) is 0 Å². The molecule has 1 unspecified atom stereocenters. The van der Waals surface area contributed by atoms with Crippen LogP contribution in [0.25, 0.3) is 10.9 Å². The van der Waals surface area contributed by atoms with Crippen LogP contribution in [0.15, 0.2) is 79.0 Å². The molecule has 7 nitrogen and oxygen atoms in total. The molecule has 0 spiro atoms. The van der Waals surface area contributed by atoms with E-state index in [1.54, 1.807) is 18.2 Å². The summed E-state index contributed by atoms with van der Waals surface area (Å²) >= 11 is 0. The van der Waals surface area contributed by atoms with Crippen molar-refractivity contribution in [2.45, 2.75) is 26.1 Å². The van der Waals surface area contributed by atoms with Crippen LogP contribution in [0.3, 0.4) is 0 Å². The first kappa shape index (κ1) is 23.6. The zero-order valence-corrected chi connectivity index (χ0v) is 20.4. The van der Waals surface area contributed by atoms with Crippen LogP contribution in [0.5, 0.6) is 17.2 Å². The predicted molar refractivity (Wildman–Crippen MR) is 138 cm³/mol. The number of carbonyl (C=O) groups is 1. The molecule has 1 aliphatic rings. The molecule has 1 amide bonds. The lowest BCUT2D eigenvalue weighted by molar-refractivity contribution is 0.0931. The highest BCUT2D eigenvalue weighted by molar-refractivity contribution is 5.94. The molecule has 0 saturated heterocycles. The Kier molecular flexibility index (Phi) is 7.00. The monoisotopic (exact) mass is 483 g/mol.